The van der Waals surface area contributed by atoms with Crippen molar-refractivity contribution >= 4 is 34.9 Å². The van der Waals surface area contributed by atoms with Crippen molar-refractivity contribution in [1.29, 1.82) is 0 Å². The van der Waals surface area contributed by atoms with Gasteiger partial charge in [0, 0.05) is 43.3 Å². The lowest BCUT2D eigenvalue weighted by Crippen LogP contribution is -2.47. The number of likely N-dealkylation sites (tertiary alicyclic amines) is 1. The molecule has 1 unspecified atom stereocenters. The number of aromatic amines is 1. The topological polar surface area (TPSA) is 199 Å². The molecule has 5 rings (SSSR count). The van der Waals surface area contributed by atoms with Gasteiger partial charge in [-0.3, -0.25) is 24.0 Å². The number of amides is 2. The van der Waals surface area contributed by atoms with Crippen molar-refractivity contribution in [2.75, 3.05) is 25.0 Å². The Morgan fingerprint density at radius 1 is 1.20 bits per heavy atom. The standard InChI is InChI=1S/C27H29F3N10O4/c1-2-14-11-15(3-4-16(14)24(42)34-6-9-39-8-5-18(31)25(39)44-26(43)21(32)41)37-22-23-35-13-19(40(23)10-7-33-22)17-12-36-38-20(17)27(28,29)30/h3-4,7,10-13,18,25H,2,5-6,8-9,31H2,1H3,(H2,32,41)(H,33,37)(H,34,42)(H,36,38)/t18-,25?/m1/s1. The van der Waals surface area contributed by atoms with Gasteiger partial charge >= 0.3 is 18.1 Å². The second kappa shape index (κ2) is 12.3. The zero-order valence-electron chi connectivity index (χ0n) is 23.4. The molecule has 1 aliphatic heterocycles. The van der Waals surface area contributed by atoms with Gasteiger partial charge in [0.2, 0.25) is 0 Å². The molecule has 7 N–H and O–H groups in total. The highest BCUT2D eigenvalue weighted by Gasteiger charge is 2.37. The van der Waals surface area contributed by atoms with Crippen LogP contribution in [0.4, 0.5) is 24.7 Å². The average Bonchev–Trinajstić information content (AvgIpc) is 3.72. The predicted molar refractivity (Wildman–Crippen MR) is 150 cm³/mol. The predicted octanol–water partition coefficient (Wildman–Crippen LogP) is 1.56. The lowest BCUT2D eigenvalue weighted by Gasteiger charge is -2.26. The van der Waals surface area contributed by atoms with Crippen molar-refractivity contribution < 1.29 is 32.3 Å². The van der Waals surface area contributed by atoms with Crippen LogP contribution in [0.5, 0.6) is 0 Å². The number of alkyl halides is 3. The number of imidazole rings is 1. The third kappa shape index (κ3) is 6.18. The maximum atomic E-state index is 13.4. The monoisotopic (exact) mass is 614 g/mol. The quantitative estimate of drug-likeness (QED) is 0.136. The molecule has 44 heavy (non-hydrogen) atoms. The first-order chi connectivity index (χ1) is 21.0. The van der Waals surface area contributed by atoms with E-state index in [2.05, 4.69) is 25.7 Å². The van der Waals surface area contributed by atoms with Crippen LogP contribution >= 0.6 is 0 Å². The van der Waals surface area contributed by atoms with Crippen molar-refractivity contribution in [3.05, 3.63) is 59.8 Å². The van der Waals surface area contributed by atoms with E-state index in [1.54, 1.807) is 23.1 Å². The van der Waals surface area contributed by atoms with Crippen LogP contribution in [0.25, 0.3) is 16.9 Å². The Morgan fingerprint density at radius 2 is 2.00 bits per heavy atom. The maximum absolute atomic E-state index is 13.4. The number of anilines is 2. The number of rotatable bonds is 9. The summed E-state index contributed by atoms with van der Waals surface area (Å²) in [5.41, 5.74) is 12.1. The zero-order valence-corrected chi connectivity index (χ0v) is 23.4. The van der Waals surface area contributed by atoms with Gasteiger partial charge in [-0.1, -0.05) is 6.92 Å². The summed E-state index contributed by atoms with van der Waals surface area (Å²) < 4.78 is 46.9. The molecule has 2 amide bonds. The number of nitrogens with zero attached hydrogens (tertiary/aromatic N) is 5. The summed E-state index contributed by atoms with van der Waals surface area (Å²) in [5.74, 6) is -2.40. The number of aromatic nitrogens is 5. The van der Waals surface area contributed by atoms with Crippen LogP contribution in [0, 0.1) is 0 Å². The van der Waals surface area contributed by atoms with E-state index in [1.807, 2.05) is 12.0 Å². The van der Waals surface area contributed by atoms with Gasteiger partial charge in [-0.2, -0.15) is 18.3 Å². The number of benzene rings is 1. The summed E-state index contributed by atoms with van der Waals surface area (Å²) in [5, 5.41) is 11.5. The fraction of sp³-hybridized carbons (Fsp3) is 0.333. The van der Waals surface area contributed by atoms with Crippen LogP contribution in [0.15, 0.2) is 43.0 Å². The van der Waals surface area contributed by atoms with E-state index in [-0.39, 0.29) is 29.4 Å². The van der Waals surface area contributed by atoms with E-state index in [1.165, 1.54) is 23.0 Å². The number of hydrogen-bond acceptors (Lipinski definition) is 10. The maximum Gasteiger partial charge on any atom is 0.433 e. The van der Waals surface area contributed by atoms with Crippen LogP contribution in [0.2, 0.25) is 0 Å². The molecule has 0 aliphatic carbocycles. The molecule has 232 valence electrons. The number of ether oxygens (including phenoxy) is 1. The first kappa shape index (κ1) is 30.4. The summed E-state index contributed by atoms with van der Waals surface area (Å²) in [4.78, 5) is 46.1. The molecule has 3 aromatic heterocycles. The SMILES string of the molecule is CCc1cc(Nc2nccn3c(-c4cn[nH]c4C(F)(F)F)cnc23)ccc1C(=O)NCCN1CC[C@@H](N)C1OC(=O)C(N)=O. The number of nitrogens with one attached hydrogen (secondary N) is 3. The summed E-state index contributed by atoms with van der Waals surface area (Å²) >= 11 is 0. The number of H-pyrrole nitrogens is 1. The molecule has 1 aromatic carbocycles. The number of fused-ring (bicyclic) bond motifs is 1. The average molecular weight is 615 g/mol. The Morgan fingerprint density at radius 3 is 2.73 bits per heavy atom. The Hall–Kier alpha value is -5.03. The van der Waals surface area contributed by atoms with E-state index in [4.69, 9.17) is 16.2 Å². The highest BCUT2D eigenvalue weighted by atomic mass is 19.4. The molecule has 2 atom stereocenters. The largest absolute Gasteiger partial charge is 0.438 e. The van der Waals surface area contributed by atoms with Gasteiger partial charge in [-0.15, -0.1) is 0 Å². The number of aryl methyl sites for hydroxylation is 1. The molecule has 0 saturated carbocycles. The van der Waals surface area contributed by atoms with Crippen LogP contribution in [0.1, 0.15) is 35.0 Å². The van der Waals surface area contributed by atoms with Gasteiger partial charge in [0.15, 0.2) is 17.7 Å². The molecule has 17 heteroatoms. The van der Waals surface area contributed by atoms with Crippen molar-refractivity contribution in [2.45, 2.75) is 38.2 Å². The summed E-state index contributed by atoms with van der Waals surface area (Å²) in [6.45, 7) is 2.95. The van der Waals surface area contributed by atoms with Crippen molar-refractivity contribution in [3.8, 4) is 11.3 Å². The lowest BCUT2D eigenvalue weighted by molar-refractivity contribution is -0.164. The molecule has 1 saturated heterocycles. The van der Waals surface area contributed by atoms with Crippen molar-refractivity contribution in [2.24, 2.45) is 11.5 Å². The lowest BCUT2D eigenvalue weighted by atomic mass is 10.0. The van der Waals surface area contributed by atoms with Crippen molar-refractivity contribution in [3.63, 3.8) is 0 Å². The minimum absolute atomic E-state index is 0.152. The minimum atomic E-state index is -4.63. The second-order valence-electron chi connectivity index (χ2n) is 10.0. The van der Waals surface area contributed by atoms with Crippen LogP contribution < -0.4 is 22.1 Å². The van der Waals surface area contributed by atoms with E-state index in [0.29, 0.717) is 43.0 Å². The van der Waals surface area contributed by atoms with Crippen LogP contribution in [-0.4, -0.2) is 79.2 Å². The number of primary amides is 1. The van der Waals surface area contributed by atoms with Crippen LogP contribution in [-0.2, 0) is 26.9 Å². The molecule has 1 aliphatic rings. The van der Waals surface area contributed by atoms with Gasteiger partial charge in [-0.05, 0) is 36.6 Å². The molecule has 1 fully saturated rings. The summed E-state index contributed by atoms with van der Waals surface area (Å²) in [6.07, 6.45) is 0.958. The smallest absolute Gasteiger partial charge is 0.433 e. The highest BCUT2D eigenvalue weighted by molar-refractivity contribution is 6.31. The molecular formula is C27H29F3N10O4. The van der Waals surface area contributed by atoms with E-state index < -0.39 is 36.0 Å². The third-order valence-corrected chi connectivity index (χ3v) is 7.21. The molecule has 4 aromatic rings. The van der Waals surface area contributed by atoms with Gasteiger partial charge in [0.05, 0.1) is 29.7 Å². The first-order valence-electron chi connectivity index (χ1n) is 13.6. The summed E-state index contributed by atoms with van der Waals surface area (Å²) in [7, 11) is 0. The third-order valence-electron chi connectivity index (χ3n) is 7.21. The molecule has 14 nitrogen and oxygen atoms in total. The molecule has 0 radical (unpaired) electrons. The number of halogens is 3. The van der Waals surface area contributed by atoms with E-state index in [0.717, 1.165) is 11.8 Å². The number of nitrogens with two attached hydrogens (primary N) is 2. The Balaban J connectivity index is 1.27. The van der Waals surface area contributed by atoms with Gasteiger partial charge in [0.1, 0.15) is 5.69 Å². The molecule has 0 bridgehead atoms. The minimum Gasteiger partial charge on any atom is -0.438 e. The zero-order chi connectivity index (χ0) is 31.6. The number of hydrogen-bond donors (Lipinski definition) is 5. The van der Waals surface area contributed by atoms with Gasteiger partial charge < -0.3 is 26.8 Å². The van der Waals surface area contributed by atoms with Gasteiger partial charge in [0.25, 0.3) is 5.91 Å². The molecule has 4 heterocycles. The highest BCUT2D eigenvalue weighted by Crippen LogP contribution is 2.36. The number of carbonyl (C=O) groups excluding carboxylic acids is 3. The normalized spacial score (nSPS) is 17.1. The Kier molecular flexibility index (Phi) is 8.50. The van der Waals surface area contributed by atoms with E-state index in [9.17, 15) is 27.6 Å². The van der Waals surface area contributed by atoms with Gasteiger partial charge in [-0.25, -0.2) is 14.8 Å². The fourth-order valence-electron chi connectivity index (χ4n) is 5.06. The van der Waals surface area contributed by atoms with Crippen molar-refractivity contribution in [1.82, 2.24) is 34.8 Å². The molecule has 0 spiro atoms. The fourth-order valence-corrected chi connectivity index (χ4v) is 5.06. The first-order valence-corrected chi connectivity index (χ1v) is 13.6. The Bertz CT molecular complexity index is 1700. The second-order valence-corrected chi connectivity index (χ2v) is 10.0. The molecular weight excluding hydrogens is 585 g/mol. The van der Waals surface area contributed by atoms with E-state index >= 15 is 0 Å². The Labute approximate surface area is 248 Å². The number of carbonyl (C=O) groups is 3. The van der Waals surface area contributed by atoms with Crippen LogP contribution in [0.3, 0.4) is 0 Å². The summed E-state index contributed by atoms with van der Waals surface area (Å²) in [6, 6.07) is 4.62. The number of esters is 1.